The van der Waals surface area contributed by atoms with Crippen molar-refractivity contribution in [1.29, 1.82) is 0 Å². The summed E-state index contributed by atoms with van der Waals surface area (Å²) in [6, 6.07) is 35.1. The second-order valence-corrected chi connectivity index (χ2v) is 20.0. The minimum absolute atomic E-state index is 0.0837. The van der Waals surface area contributed by atoms with Crippen LogP contribution in [-0.4, -0.2) is 28.7 Å². The van der Waals surface area contributed by atoms with E-state index < -0.39 is 25.8 Å². The molecular weight excluding hydrogens is 581 g/mol. The maximum absolute atomic E-state index is 14.3. The van der Waals surface area contributed by atoms with E-state index in [9.17, 15) is 16.8 Å². The summed E-state index contributed by atoms with van der Waals surface area (Å²) in [6.45, 7) is 0. The fourth-order valence-electron chi connectivity index (χ4n) is 3.73. The maximum atomic E-state index is 14.3. The van der Waals surface area contributed by atoms with E-state index in [1.54, 1.807) is 60.7 Å². The van der Waals surface area contributed by atoms with Gasteiger partial charge in [0.1, 0.15) is 0 Å². The number of benzene rings is 4. The van der Waals surface area contributed by atoms with Gasteiger partial charge in [-0.1, -0.05) is 108 Å². The van der Waals surface area contributed by atoms with Crippen LogP contribution in [0.25, 0.3) is 0 Å². The smallest absolute Gasteiger partial charge is 0.220 e. The van der Waals surface area contributed by atoms with Crippen molar-refractivity contribution in [1.82, 2.24) is 0 Å². The Hall–Kier alpha value is -1.82. The van der Waals surface area contributed by atoms with Crippen LogP contribution in [0.4, 0.5) is 0 Å². The molecule has 0 aromatic heterocycles. The van der Waals surface area contributed by atoms with Gasteiger partial charge in [-0.15, -0.1) is 11.8 Å². The molecule has 0 aliphatic carbocycles. The summed E-state index contributed by atoms with van der Waals surface area (Å²) in [4.78, 5) is 1.84. The number of rotatable bonds is 8. The molecule has 1 aliphatic heterocycles. The highest BCUT2D eigenvalue weighted by atomic mass is 32.4. The van der Waals surface area contributed by atoms with E-state index in [0.717, 1.165) is 21.6 Å². The van der Waals surface area contributed by atoms with Gasteiger partial charge in [0.25, 0.3) is 0 Å². The first-order valence-corrected chi connectivity index (χ1v) is 17.6. The molecule has 1 heterocycles. The zero-order chi connectivity index (χ0) is 26.0. The maximum Gasteiger partial charge on any atom is 0.220 e. The second kappa shape index (κ2) is 10.7. The zero-order valence-corrected chi connectivity index (χ0v) is 24.2. The monoisotopic (exact) mass is 602 g/mol. The Kier molecular flexibility index (Phi) is 7.77. The second-order valence-electron chi connectivity index (χ2n) is 8.04. The molecule has 0 spiro atoms. The first-order chi connectivity index (χ1) is 17.8. The summed E-state index contributed by atoms with van der Waals surface area (Å²) < 4.78 is 54.2. The van der Waals surface area contributed by atoms with Gasteiger partial charge in [-0.2, -0.15) is 0 Å². The molecule has 0 N–H and O–H groups in total. The van der Waals surface area contributed by atoms with Crippen molar-refractivity contribution in [3.8, 4) is 0 Å². The summed E-state index contributed by atoms with van der Waals surface area (Å²) >= 11 is 4.57. The Morgan fingerprint density at radius 3 is 1.43 bits per heavy atom. The molecule has 1 aliphatic rings. The molecule has 37 heavy (non-hydrogen) atoms. The molecule has 1 saturated heterocycles. The van der Waals surface area contributed by atoms with Crippen LogP contribution in [0.2, 0.25) is 0 Å². The third kappa shape index (κ3) is 5.12. The van der Waals surface area contributed by atoms with E-state index in [4.69, 9.17) is 0 Å². The van der Waals surface area contributed by atoms with Crippen molar-refractivity contribution in [2.45, 2.75) is 25.7 Å². The average molecular weight is 603 g/mol. The van der Waals surface area contributed by atoms with Gasteiger partial charge in [0, 0.05) is 15.5 Å². The van der Waals surface area contributed by atoms with E-state index in [-0.39, 0.29) is 15.5 Å². The average Bonchev–Trinajstić information content (AvgIpc) is 3.32. The van der Waals surface area contributed by atoms with Gasteiger partial charge in [0.2, 0.25) is 22.4 Å². The van der Waals surface area contributed by atoms with Gasteiger partial charge < -0.3 is 0 Å². The highest BCUT2D eigenvalue weighted by Crippen LogP contribution is 2.70. The summed E-state index contributed by atoms with van der Waals surface area (Å²) in [5.41, 5.74) is 0. The lowest BCUT2D eigenvalue weighted by atomic mass is 10.4. The molecule has 0 radical (unpaired) electrons. The van der Waals surface area contributed by atoms with Crippen LogP contribution in [-0.2, 0) is 19.7 Å². The Balaban J connectivity index is 1.69. The summed E-state index contributed by atoms with van der Waals surface area (Å²) in [6.07, 6.45) is 0. The molecule has 4 aromatic carbocycles. The van der Waals surface area contributed by atoms with Crippen LogP contribution in [0.5, 0.6) is 0 Å². The predicted molar refractivity (Wildman–Crippen MR) is 157 cm³/mol. The van der Waals surface area contributed by atoms with Gasteiger partial charge in [-0.3, -0.25) is 0 Å². The molecule has 5 rings (SSSR count). The lowest BCUT2D eigenvalue weighted by Crippen LogP contribution is -2.34. The Bertz CT molecular complexity index is 1440. The minimum atomic E-state index is -3.99. The Labute approximate surface area is 234 Å². The summed E-state index contributed by atoms with van der Waals surface area (Å²) in [5.74, 6) is 0.0837. The van der Waals surface area contributed by atoms with Crippen molar-refractivity contribution in [3.05, 3.63) is 121 Å². The largest absolute Gasteiger partial charge is 0.221 e. The molecular formula is C27H22O4S6. The third-order valence-corrected chi connectivity index (χ3v) is 19.7. The summed E-state index contributed by atoms with van der Waals surface area (Å²) in [5, 5.41) is 0. The van der Waals surface area contributed by atoms with Crippen LogP contribution in [0, 0.1) is 0 Å². The molecule has 1 fully saturated rings. The van der Waals surface area contributed by atoms with Crippen molar-refractivity contribution in [2.24, 2.45) is 0 Å². The number of thioether (sulfide) groups is 4. The van der Waals surface area contributed by atoms with Crippen LogP contribution < -0.4 is 0 Å². The highest BCUT2D eigenvalue weighted by Gasteiger charge is 2.64. The van der Waals surface area contributed by atoms with Crippen molar-refractivity contribution in [2.75, 3.05) is 5.75 Å². The lowest BCUT2D eigenvalue weighted by Gasteiger charge is -2.31. The van der Waals surface area contributed by atoms with Gasteiger partial charge in [-0.25, -0.2) is 16.8 Å². The quantitative estimate of drug-likeness (QED) is 0.209. The Morgan fingerprint density at radius 1 is 0.541 bits per heavy atom. The van der Waals surface area contributed by atoms with E-state index in [1.807, 2.05) is 60.7 Å². The predicted octanol–water partition coefficient (Wildman–Crippen LogP) is 7.26. The lowest BCUT2D eigenvalue weighted by molar-refractivity contribution is 0.593. The zero-order valence-electron chi connectivity index (χ0n) is 19.3. The van der Waals surface area contributed by atoms with Gasteiger partial charge in [0.15, 0.2) is 3.41 Å². The molecule has 4 aromatic rings. The van der Waals surface area contributed by atoms with Crippen molar-refractivity contribution in [3.63, 3.8) is 0 Å². The number of hydrogen-bond acceptors (Lipinski definition) is 8. The first kappa shape index (κ1) is 26.8. The standard InChI is InChI=1S/C27H22O4S6/c28-36(29,24-17-9-3-10-18-24)26(33-22-13-5-1-6-14-22)21-32-27(35-26,34-23-15-7-2-8-16-23)37(30,31)25-19-11-4-12-20-25/h1-20H,21H2. The van der Waals surface area contributed by atoms with Crippen LogP contribution in [0.1, 0.15) is 0 Å². The third-order valence-electron chi connectivity index (χ3n) is 5.55. The molecule has 4 nitrogen and oxygen atoms in total. The molecule has 10 heteroatoms. The van der Waals surface area contributed by atoms with E-state index in [0.29, 0.717) is 0 Å². The fraction of sp³-hybridized carbons (Fsp3) is 0.111. The highest BCUT2D eigenvalue weighted by molar-refractivity contribution is 8.53. The van der Waals surface area contributed by atoms with Crippen LogP contribution in [0.3, 0.4) is 0 Å². The van der Waals surface area contributed by atoms with Crippen LogP contribution in [0.15, 0.2) is 141 Å². The number of sulfone groups is 2. The molecule has 2 atom stereocenters. The van der Waals surface area contributed by atoms with Gasteiger partial charge in [0.05, 0.1) is 9.79 Å². The molecule has 190 valence electrons. The normalized spacial score (nSPS) is 22.1. The van der Waals surface area contributed by atoms with Gasteiger partial charge >= 0.3 is 0 Å². The molecule has 0 amide bonds. The minimum Gasteiger partial charge on any atom is -0.221 e. The summed E-state index contributed by atoms with van der Waals surface area (Å²) in [7, 11) is -7.97. The Morgan fingerprint density at radius 2 is 0.946 bits per heavy atom. The van der Waals surface area contributed by atoms with Crippen molar-refractivity contribution >= 4 is 66.7 Å². The van der Waals surface area contributed by atoms with E-state index >= 15 is 0 Å². The fourth-order valence-corrected chi connectivity index (χ4v) is 18.6. The van der Waals surface area contributed by atoms with Crippen LogP contribution >= 0.6 is 47.0 Å². The van der Waals surface area contributed by atoms with E-state index in [1.165, 1.54) is 35.3 Å². The first-order valence-electron chi connectivity index (χ1n) is 11.2. The van der Waals surface area contributed by atoms with E-state index in [2.05, 4.69) is 0 Å². The topological polar surface area (TPSA) is 68.3 Å². The number of hydrogen-bond donors (Lipinski definition) is 0. The van der Waals surface area contributed by atoms with Gasteiger partial charge in [-0.05, 0) is 48.5 Å². The molecule has 0 saturated carbocycles. The molecule has 2 unspecified atom stereocenters. The van der Waals surface area contributed by atoms with Crippen molar-refractivity contribution < 1.29 is 16.8 Å². The SMILES string of the molecule is O=S(=O)(c1ccccc1)C1(Sc2ccccc2)CSC(Sc2ccccc2)(S(=O)(=O)c2ccccc2)S1. The molecule has 0 bridgehead atoms.